The van der Waals surface area contributed by atoms with Crippen LogP contribution in [0.5, 0.6) is 0 Å². The SMILES string of the molecule is CC1(C)c2ccccc2C2(c3ccccc3-c3cc(-c4cccc5c(-c6ccc(-c7nc(-c8ccccc8)nc(-c8ccccc8)n7)cc6)cccc45)ccc32)c2ccccc21. The summed E-state index contributed by atoms with van der Waals surface area (Å²) >= 11 is 0. The standard InChI is InChI=1S/C59H41N3/c1-58(2)51-27-11-13-29-53(51)59(54-30-14-12-28-52(54)58)49-26-10-9-21-47(49)48-37-42(35-36-50(48)59)44-23-16-24-45-43(22-15-25-46(44)45)38-31-33-41(34-32-38)57-61-55(39-17-5-3-6-18-39)60-56(62-57)40-19-7-4-8-20-40/h3-37H,1-2H3. The lowest BCUT2D eigenvalue weighted by Gasteiger charge is -2.46. The molecule has 2 aliphatic rings. The van der Waals surface area contributed by atoms with Crippen LogP contribution in [0.25, 0.3) is 78.3 Å². The van der Waals surface area contributed by atoms with Crippen LogP contribution in [0.3, 0.4) is 0 Å². The Morgan fingerprint density at radius 3 is 1.21 bits per heavy atom. The van der Waals surface area contributed by atoms with Gasteiger partial charge in [0.25, 0.3) is 0 Å². The van der Waals surface area contributed by atoms with E-state index in [-0.39, 0.29) is 5.41 Å². The van der Waals surface area contributed by atoms with Gasteiger partial charge in [-0.2, -0.15) is 0 Å². The normalized spacial score (nSPS) is 13.9. The second-order valence-corrected chi connectivity index (χ2v) is 17.1. The van der Waals surface area contributed by atoms with Gasteiger partial charge in [0.1, 0.15) is 0 Å². The highest BCUT2D eigenvalue weighted by molar-refractivity contribution is 6.05. The molecule has 1 aromatic heterocycles. The largest absolute Gasteiger partial charge is 0.208 e. The Labute approximate surface area is 362 Å². The van der Waals surface area contributed by atoms with Crippen molar-refractivity contribution in [2.45, 2.75) is 24.7 Å². The minimum atomic E-state index is -0.404. The summed E-state index contributed by atoms with van der Waals surface area (Å²) in [5, 5.41) is 2.44. The minimum absolute atomic E-state index is 0.123. The van der Waals surface area contributed by atoms with Gasteiger partial charge in [0, 0.05) is 22.1 Å². The van der Waals surface area contributed by atoms with Crippen LogP contribution in [0.2, 0.25) is 0 Å². The number of hydrogen-bond acceptors (Lipinski definition) is 3. The average molecular weight is 792 g/mol. The molecule has 0 N–H and O–H groups in total. The molecule has 0 saturated carbocycles. The van der Waals surface area contributed by atoms with E-state index in [2.05, 4.69) is 166 Å². The molecule has 1 spiro atoms. The van der Waals surface area contributed by atoms with Gasteiger partial charge in [0.15, 0.2) is 17.5 Å². The zero-order valence-electron chi connectivity index (χ0n) is 34.5. The van der Waals surface area contributed by atoms with Crippen LogP contribution in [0.1, 0.15) is 47.2 Å². The van der Waals surface area contributed by atoms with Crippen molar-refractivity contribution in [1.82, 2.24) is 15.0 Å². The molecular weight excluding hydrogens is 751 g/mol. The van der Waals surface area contributed by atoms with Crippen molar-refractivity contribution in [3.8, 4) is 67.5 Å². The van der Waals surface area contributed by atoms with Crippen molar-refractivity contribution in [3.63, 3.8) is 0 Å². The minimum Gasteiger partial charge on any atom is -0.208 e. The van der Waals surface area contributed by atoms with Crippen LogP contribution in [0, 0.1) is 0 Å². The van der Waals surface area contributed by atoms with E-state index in [1.165, 1.54) is 72.0 Å². The lowest BCUT2D eigenvalue weighted by atomic mass is 9.55. The molecule has 0 bridgehead atoms. The van der Waals surface area contributed by atoms with Crippen molar-refractivity contribution in [2.75, 3.05) is 0 Å². The van der Waals surface area contributed by atoms with Crippen LogP contribution < -0.4 is 0 Å². The van der Waals surface area contributed by atoms with Crippen LogP contribution >= 0.6 is 0 Å². The quantitative estimate of drug-likeness (QED) is 0.174. The van der Waals surface area contributed by atoms with Crippen LogP contribution in [0.15, 0.2) is 212 Å². The van der Waals surface area contributed by atoms with Gasteiger partial charge in [-0.15, -0.1) is 0 Å². The Balaban J connectivity index is 0.962. The van der Waals surface area contributed by atoms with E-state index in [1.54, 1.807) is 0 Å². The highest BCUT2D eigenvalue weighted by Crippen LogP contribution is 2.62. The summed E-state index contributed by atoms with van der Waals surface area (Å²) in [6, 6.07) is 76.9. The number of hydrogen-bond donors (Lipinski definition) is 0. The zero-order valence-corrected chi connectivity index (χ0v) is 34.5. The predicted octanol–water partition coefficient (Wildman–Crippen LogP) is 14.4. The third-order valence-corrected chi connectivity index (χ3v) is 13.4. The summed E-state index contributed by atoms with van der Waals surface area (Å²) in [4.78, 5) is 14.8. The van der Waals surface area contributed by atoms with E-state index in [0.717, 1.165) is 22.3 Å². The van der Waals surface area contributed by atoms with Gasteiger partial charge in [-0.25, -0.2) is 15.0 Å². The predicted molar refractivity (Wildman–Crippen MR) is 254 cm³/mol. The number of nitrogens with zero attached hydrogens (tertiary/aromatic N) is 3. The fourth-order valence-electron chi connectivity index (χ4n) is 10.6. The summed E-state index contributed by atoms with van der Waals surface area (Å²) in [6.07, 6.45) is 0. The maximum atomic E-state index is 4.97. The Morgan fingerprint density at radius 1 is 0.274 bits per heavy atom. The van der Waals surface area contributed by atoms with Crippen LogP contribution in [-0.4, -0.2) is 15.0 Å². The lowest BCUT2D eigenvalue weighted by Crippen LogP contribution is -2.40. The monoisotopic (exact) mass is 791 g/mol. The first-order valence-corrected chi connectivity index (χ1v) is 21.4. The first kappa shape index (κ1) is 36.1. The molecule has 1 heterocycles. The van der Waals surface area contributed by atoms with Crippen LogP contribution in [-0.2, 0) is 10.8 Å². The molecule has 10 aromatic rings. The number of benzene rings is 9. The molecule has 0 radical (unpaired) electrons. The molecule has 9 aromatic carbocycles. The van der Waals surface area contributed by atoms with Gasteiger partial charge in [-0.3, -0.25) is 0 Å². The molecule has 3 heteroatoms. The smallest absolute Gasteiger partial charge is 0.164 e. The van der Waals surface area contributed by atoms with E-state index in [9.17, 15) is 0 Å². The molecule has 0 saturated heterocycles. The summed E-state index contributed by atoms with van der Waals surface area (Å²) in [5.74, 6) is 1.96. The summed E-state index contributed by atoms with van der Waals surface area (Å²) in [6.45, 7) is 4.76. The molecule has 3 nitrogen and oxygen atoms in total. The van der Waals surface area contributed by atoms with Crippen molar-refractivity contribution >= 4 is 10.8 Å². The van der Waals surface area contributed by atoms with Gasteiger partial charge in [-0.05, 0) is 83.6 Å². The molecule has 292 valence electrons. The lowest BCUT2D eigenvalue weighted by molar-refractivity contribution is 0.563. The number of aromatic nitrogens is 3. The molecular formula is C59H41N3. The average Bonchev–Trinajstić information content (AvgIpc) is 3.63. The molecule has 0 amide bonds. The highest BCUT2D eigenvalue weighted by Gasteiger charge is 2.53. The highest BCUT2D eigenvalue weighted by atomic mass is 15.0. The van der Waals surface area contributed by atoms with E-state index in [1.807, 2.05) is 60.7 Å². The van der Waals surface area contributed by atoms with Crippen molar-refractivity contribution < 1.29 is 0 Å². The van der Waals surface area contributed by atoms with Crippen molar-refractivity contribution in [3.05, 3.63) is 246 Å². The fourth-order valence-corrected chi connectivity index (χ4v) is 10.6. The fraction of sp³-hybridized carbons (Fsp3) is 0.0678. The molecule has 12 rings (SSSR count). The zero-order chi connectivity index (χ0) is 41.4. The van der Waals surface area contributed by atoms with Crippen molar-refractivity contribution in [1.29, 1.82) is 0 Å². The first-order valence-electron chi connectivity index (χ1n) is 21.4. The van der Waals surface area contributed by atoms with E-state index >= 15 is 0 Å². The maximum Gasteiger partial charge on any atom is 0.164 e. The molecule has 0 fully saturated rings. The number of rotatable bonds is 5. The first-order chi connectivity index (χ1) is 30.5. The second kappa shape index (κ2) is 13.9. The Bertz CT molecular complexity index is 3260. The van der Waals surface area contributed by atoms with Gasteiger partial charge in [-0.1, -0.05) is 220 Å². The molecule has 0 aliphatic heterocycles. The van der Waals surface area contributed by atoms with Crippen LogP contribution in [0.4, 0.5) is 0 Å². The Morgan fingerprint density at radius 2 is 0.661 bits per heavy atom. The van der Waals surface area contributed by atoms with Crippen molar-refractivity contribution in [2.24, 2.45) is 0 Å². The molecule has 0 atom stereocenters. The van der Waals surface area contributed by atoms with E-state index in [0.29, 0.717) is 17.5 Å². The maximum absolute atomic E-state index is 4.97. The summed E-state index contributed by atoms with van der Waals surface area (Å²) in [5.41, 5.74) is 17.9. The topological polar surface area (TPSA) is 38.7 Å². The van der Waals surface area contributed by atoms with Gasteiger partial charge in [0.2, 0.25) is 0 Å². The molecule has 2 aliphatic carbocycles. The second-order valence-electron chi connectivity index (χ2n) is 17.1. The third-order valence-electron chi connectivity index (χ3n) is 13.4. The molecule has 62 heavy (non-hydrogen) atoms. The number of fused-ring (bicyclic) bond motifs is 10. The third kappa shape index (κ3) is 5.34. The van der Waals surface area contributed by atoms with Gasteiger partial charge < -0.3 is 0 Å². The Kier molecular flexibility index (Phi) is 8.10. The summed E-state index contributed by atoms with van der Waals surface area (Å²) < 4.78 is 0. The van der Waals surface area contributed by atoms with Gasteiger partial charge in [0.05, 0.1) is 5.41 Å². The summed E-state index contributed by atoms with van der Waals surface area (Å²) in [7, 11) is 0. The van der Waals surface area contributed by atoms with E-state index < -0.39 is 5.41 Å². The Hall–Kier alpha value is -7.75. The van der Waals surface area contributed by atoms with Gasteiger partial charge >= 0.3 is 0 Å². The van der Waals surface area contributed by atoms with E-state index in [4.69, 9.17) is 15.0 Å². The molecule has 0 unspecified atom stereocenters.